The van der Waals surface area contributed by atoms with Crippen LogP contribution in [0.2, 0.25) is 5.02 Å². The molecule has 1 fully saturated rings. The first-order valence-electron chi connectivity index (χ1n) is 12.6. The molecule has 6 nitrogen and oxygen atoms in total. The van der Waals surface area contributed by atoms with Gasteiger partial charge in [-0.05, 0) is 60.9 Å². The van der Waals surface area contributed by atoms with Crippen molar-refractivity contribution in [2.45, 2.75) is 41.9 Å². The molecule has 1 heterocycles. The van der Waals surface area contributed by atoms with E-state index in [0.717, 1.165) is 23.8 Å². The lowest BCUT2D eigenvalue weighted by Gasteiger charge is -2.38. The second kappa shape index (κ2) is 12.0. The van der Waals surface area contributed by atoms with Crippen LogP contribution in [0, 0.1) is 17.6 Å². The number of carbonyl (C=O) groups is 1. The van der Waals surface area contributed by atoms with Gasteiger partial charge in [0.2, 0.25) is 0 Å². The fraction of sp³-hybridized carbons (Fsp3) is 0.345. The molecule has 4 rings (SSSR count). The Bertz CT molecular complexity index is 1390. The molecule has 0 bridgehead atoms. The Kier molecular flexibility index (Phi) is 8.93. The zero-order chi connectivity index (χ0) is 28.2. The minimum absolute atomic E-state index is 0.118. The third-order valence-electron chi connectivity index (χ3n) is 7.06. The summed E-state index contributed by atoms with van der Waals surface area (Å²) in [6.07, 6.45) is 0.520. The summed E-state index contributed by atoms with van der Waals surface area (Å²) in [7, 11) is -4.23. The van der Waals surface area contributed by atoms with Crippen LogP contribution in [0.1, 0.15) is 36.1 Å². The zero-order valence-electron chi connectivity index (χ0n) is 21.4. The largest absolute Gasteiger partial charge is 0.449 e. The summed E-state index contributed by atoms with van der Waals surface area (Å²) >= 11 is 5.90. The Morgan fingerprint density at radius 1 is 1.05 bits per heavy atom. The number of amides is 1. The average molecular weight is 578 g/mol. The molecule has 1 aliphatic rings. The SMILES string of the molecule is C[C@H](COC(=O)N1CCC(O)(Cc2ccccc2)CC1)[C@@H](c1cc(F)ccc1F)S(=O)(=O)c1ccc(Cl)cc1. The lowest BCUT2D eigenvalue weighted by molar-refractivity contribution is -0.0209. The van der Waals surface area contributed by atoms with Crippen molar-refractivity contribution < 1.29 is 31.8 Å². The zero-order valence-corrected chi connectivity index (χ0v) is 23.0. The molecule has 1 saturated heterocycles. The van der Waals surface area contributed by atoms with Gasteiger partial charge in [0, 0.05) is 36.0 Å². The maximum Gasteiger partial charge on any atom is 0.409 e. The van der Waals surface area contributed by atoms with Crippen molar-refractivity contribution in [2.24, 2.45) is 5.92 Å². The number of likely N-dealkylation sites (tertiary alicyclic amines) is 1. The molecular weight excluding hydrogens is 548 g/mol. The Morgan fingerprint density at radius 2 is 1.69 bits per heavy atom. The van der Waals surface area contributed by atoms with Crippen molar-refractivity contribution >= 4 is 27.5 Å². The number of hydrogen-bond acceptors (Lipinski definition) is 5. The summed E-state index contributed by atoms with van der Waals surface area (Å²) in [6, 6.07) is 17.6. The molecule has 0 aliphatic carbocycles. The van der Waals surface area contributed by atoms with E-state index in [1.54, 1.807) is 0 Å². The van der Waals surface area contributed by atoms with Crippen molar-refractivity contribution in [1.29, 1.82) is 0 Å². The highest BCUT2D eigenvalue weighted by Gasteiger charge is 2.38. The minimum Gasteiger partial charge on any atom is -0.449 e. The van der Waals surface area contributed by atoms with Crippen LogP contribution in [-0.2, 0) is 21.0 Å². The average Bonchev–Trinajstić information content (AvgIpc) is 2.90. The van der Waals surface area contributed by atoms with E-state index in [4.69, 9.17) is 16.3 Å². The van der Waals surface area contributed by atoms with Crippen LogP contribution >= 0.6 is 11.6 Å². The number of halogens is 3. The summed E-state index contributed by atoms with van der Waals surface area (Å²) in [4.78, 5) is 14.2. The number of sulfone groups is 1. The fourth-order valence-corrected chi connectivity index (χ4v) is 7.06. The van der Waals surface area contributed by atoms with Gasteiger partial charge in [0.25, 0.3) is 0 Å². The molecule has 0 saturated carbocycles. The van der Waals surface area contributed by atoms with Crippen LogP contribution in [0.3, 0.4) is 0 Å². The molecule has 0 radical (unpaired) electrons. The van der Waals surface area contributed by atoms with Crippen LogP contribution in [0.5, 0.6) is 0 Å². The minimum atomic E-state index is -4.23. The molecule has 1 N–H and O–H groups in total. The summed E-state index contributed by atoms with van der Waals surface area (Å²) in [5.74, 6) is -2.60. The molecule has 208 valence electrons. The Labute approximate surface area is 232 Å². The van der Waals surface area contributed by atoms with E-state index >= 15 is 0 Å². The maximum atomic E-state index is 14.8. The molecule has 2 atom stereocenters. The highest BCUT2D eigenvalue weighted by Crippen LogP contribution is 2.37. The van der Waals surface area contributed by atoms with Crippen molar-refractivity contribution in [1.82, 2.24) is 4.90 Å². The van der Waals surface area contributed by atoms with Gasteiger partial charge in [-0.25, -0.2) is 22.0 Å². The van der Waals surface area contributed by atoms with E-state index in [-0.39, 0.29) is 30.2 Å². The molecule has 0 aromatic heterocycles. The van der Waals surface area contributed by atoms with E-state index in [1.807, 2.05) is 30.3 Å². The van der Waals surface area contributed by atoms with Crippen LogP contribution < -0.4 is 0 Å². The lowest BCUT2D eigenvalue weighted by atomic mass is 9.85. The standard InChI is InChI=1S/C29H30ClF2NO5S/c1-20(19-38-28(34)33-15-13-29(35,14-16-33)18-21-5-3-2-4-6-21)27(25-17-23(31)9-12-26(25)32)39(36,37)24-10-7-22(30)8-11-24/h2-12,17,20,27,35H,13-16,18-19H2,1H3/t20-,27+/m1/s1. The first-order chi connectivity index (χ1) is 18.5. The first-order valence-corrected chi connectivity index (χ1v) is 14.5. The van der Waals surface area contributed by atoms with Crippen LogP contribution in [0.25, 0.3) is 0 Å². The van der Waals surface area contributed by atoms with E-state index in [1.165, 1.54) is 36.1 Å². The lowest BCUT2D eigenvalue weighted by Crippen LogP contribution is -2.48. The summed E-state index contributed by atoms with van der Waals surface area (Å²) < 4.78 is 61.6. The maximum absolute atomic E-state index is 14.8. The number of rotatable bonds is 8. The second-order valence-electron chi connectivity index (χ2n) is 10.0. The Balaban J connectivity index is 1.46. The number of carbonyl (C=O) groups excluding carboxylic acids is 1. The van der Waals surface area contributed by atoms with Gasteiger partial charge in [0.1, 0.15) is 11.6 Å². The monoisotopic (exact) mass is 577 g/mol. The second-order valence-corrected chi connectivity index (χ2v) is 12.5. The molecule has 39 heavy (non-hydrogen) atoms. The fourth-order valence-electron chi connectivity index (χ4n) is 4.92. The number of aliphatic hydroxyl groups is 1. The molecule has 0 spiro atoms. The van der Waals surface area contributed by atoms with Gasteiger partial charge >= 0.3 is 6.09 Å². The molecule has 10 heteroatoms. The Morgan fingerprint density at radius 3 is 2.33 bits per heavy atom. The summed E-state index contributed by atoms with van der Waals surface area (Å²) in [6.45, 7) is 1.69. The Hall–Kier alpha value is -3.01. The molecule has 3 aromatic rings. The number of hydrogen-bond donors (Lipinski definition) is 1. The van der Waals surface area contributed by atoms with Crippen LogP contribution in [-0.4, -0.2) is 49.8 Å². The summed E-state index contributed by atoms with van der Waals surface area (Å²) in [5, 5.41) is 9.78. The van der Waals surface area contributed by atoms with E-state index in [0.29, 0.717) is 24.3 Å². The van der Waals surface area contributed by atoms with E-state index in [2.05, 4.69) is 0 Å². The van der Waals surface area contributed by atoms with Gasteiger partial charge in [-0.3, -0.25) is 0 Å². The van der Waals surface area contributed by atoms with Gasteiger partial charge in [0.15, 0.2) is 9.84 Å². The van der Waals surface area contributed by atoms with E-state index in [9.17, 15) is 27.1 Å². The molecule has 1 amide bonds. The quantitative estimate of drug-likeness (QED) is 0.356. The predicted octanol–water partition coefficient (Wildman–Crippen LogP) is 5.98. The highest BCUT2D eigenvalue weighted by atomic mass is 35.5. The third-order valence-corrected chi connectivity index (χ3v) is 9.62. The third kappa shape index (κ3) is 6.96. The van der Waals surface area contributed by atoms with Gasteiger partial charge < -0.3 is 14.7 Å². The molecule has 1 aliphatic heterocycles. The van der Waals surface area contributed by atoms with Gasteiger partial charge in [-0.15, -0.1) is 0 Å². The van der Waals surface area contributed by atoms with Crippen molar-refractivity contribution in [2.75, 3.05) is 19.7 Å². The van der Waals surface area contributed by atoms with E-state index < -0.39 is 44.3 Å². The van der Waals surface area contributed by atoms with Crippen molar-refractivity contribution in [3.8, 4) is 0 Å². The molecule has 0 unspecified atom stereocenters. The summed E-state index contributed by atoms with van der Waals surface area (Å²) in [5.41, 5.74) is -0.294. The van der Waals surface area contributed by atoms with Crippen molar-refractivity contribution in [3.63, 3.8) is 0 Å². The first kappa shape index (κ1) is 29.0. The van der Waals surface area contributed by atoms with Gasteiger partial charge in [-0.2, -0.15) is 0 Å². The topological polar surface area (TPSA) is 83.9 Å². The van der Waals surface area contributed by atoms with Gasteiger partial charge in [0.05, 0.1) is 22.4 Å². The smallest absolute Gasteiger partial charge is 0.409 e. The molecule has 3 aromatic carbocycles. The number of benzene rings is 3. The highest BCUT2D eigenvalue weighted by molar-refractivity contribution is 7.91. The number of piperidine rings is 1. The van der Waals surface area contributed by atoms with Crippen LogP contribution in [0.15, 0.2) is 77.7 Å². The predicted molar refractivity (Wildman–Crippen MR) is 144 cm³/mol. The van der Waals surface area contributed by atoms with Crippen LogP contribution in [0.4, 0.5) is 13.6 Å². The number of nitrogens with zero attached hydrogens (tertiary/aromatic N) is 1. The van der Waals surface area contributed by atoms with Crippen molar-refractivity contribution in [3.05, 3.63) is 101 Å². The van der Waals surface area contributed by atoms with Gasteiger partial charge in [-0.1, -0.05) is 48.9 Å². The molecular formula is C29H30ClF2NO5S. The number of ether oxygens (including phenoxy) is 1. The normalized spacial score (nSPS) is 16.9.